The molecule has 0 radical (unpaired) electrons. The summed E-state index contributed by atoms with van der Waals surface area (Å²) in [7, 11) is 0. The molecule has 0 heterocycles. The first-order chi connectivity index (χ1) is 10.3. The largest absolute Gasteiger partial charge is 0.381 e. The second kappa shape index (κ2) is 5.44. The van der Waals surface area contributed by atoms with Gasteiger partial charge in [0, 0.05) is 11.7 Å². The maximum absolute atomic E-state index is 3.87. The van der Waals surface area contributed by atoms with Crippen LogP contribution in [0.15, 0.2) is 35.4 Å². The van der Waals surface area contributed by atoms with Crippen molar-refractivity contribution in [3.63, 3.8) is 0 Å². The van der Waals surface area contributed by atoms with Crippen LogP contribution in [0.4, 0.5) is 5.69 Å². The number of anilines is 1. The summed E-state index contributed by atoms with van der Waals surface area (Å²) >= 11 is 0. The van der Waals surface area contributed by atoms with Crippen LogP contribution in [0.3, 0.4) is 0 Å². The molecule has 1 N–H and O–H groups in total. The number of para-hydroxylation sites is 1. The summed E-state index contributed by atoms with van der Waals surface area (Å²) in [6, 6.07) is 9.23. The quantitative estimate of drug-likeness (QED) is 0.650. The molecule has 3 rings (SSSR count). The highest BCUT2D eigenvalue weighted by molar-refractivity contribution is 5.52. The minimum Gasteiger partial charge on any atom is -0.381 e. The molecular weight excluding hydrogens is 266 g/mol. The van der Waals surface area contributed by atoms with Gasteiger partial charge >= 0.3 is 0 Å². The first-order valence-electron chi connectivity index (χ1n) is 8.83. The monoisotopic (exact) mass is 297 g/mol. The molecule has 2 aliphatic carbocycles. The van der Waals surface area contributed by atoms with Gasteiger partial charge in [0.2, 0.25) is 0 Å². The highest BCUT2D eigenvalue weighted by Gasteiger charge is 2.42. The Hall–Kier alpha value is -1.24. The Bertz CT molecular complexity index is 592. The van der Waals surface area contributed by atoms with Gasteiger partial charge in [0.25, 0.3) is 0 Å². The minimum absolute atomic E-state index is 0.315. The molecule has 0 saturated carbocycles. The molecule has 0 spiro atoms. The van der Waals surface area contributed by atoms with Crippen molar-refractivity contribution in [3.8, 4) is 0 Å². The van der Waals surface area contributed by atoms with Crippen LogP contribution in [0.25, 0.3) is 0 Å². The molecule has 0 bridgehead atoms. The average molecular weight is 297 g/mol. The van der Waals surface area contributed by atoms with Crippen LogP contribution in [-0.4, -0.2) is 6.04 Å². The standard InChI is InChI=1S/C21H31N/c1-15-9-6-7-11-18(15)22-19-13-16-10-8-12-20(2,3)17(16)14-21(19,4)5/h6-7,9,11,19,22H,8,10,12-14H2,1-5H3/t19-/m0/s1. The van der Waals surface area contributed by atoms with Gasteiger partial charge in [0.1, 0.15) is 0 Å². The minimum atomic E-state index is 0.315. The van der Waals surface area contributed by atoms with E-state index in [2.05, 4.69) is 64.2 Å². The lowest BCUT2D eigenvalue weighted by Gasteiger charge is -2.48. The fourth-order valence-electron chi connectivity index (χ4n) is 4.38. The number of allylic oxidation sites excluding steroid dienone is 1. The zero-order valence-electron chi connectivity index (χ0n) is 14.9. The van der Waals surface area contributed by atoms with E-state index in [0.29, 0.717) is 16.9 Å². The lowest BCUT2D eigenvalue weighted by molar-refractivity contribution is 0.225. The van der Waals surface area contributed by atoms with Crippen LogP contribution in [0.2, 0.25) is 0 Å². The second-order valence-electron chi connectivity index (χ2n) is 8.70. The van der Waals surface area contributed by atoms with Gasteiger partial charge in [-0.05, 0) is 61.5 Å². The summed E-state index contributed by atoms with van der Waals surface area (Å²) in [4.78, 5) is 0. The van der Waals surface area contributed by atoms with Crippen molar-refractivity contribution >= 4 is 5.69 Å². The molecule has 2 aliphatic rings. The van der Waals surface area contributed by atoms with Crippen LogP contribution in [-0.2, 0) is 0 Å². The predicted molar refractivity (Wildman–Crippen MR) is 96.3 cm³/mol. The first kappa shape index (κ1) is 15.6. The topological polar surface area (TPSA) is 12.0 Å². The molecule has 1 atom stereocenters. The van der Waals surface area contributed by atoms with Gasteiger partial charge in [-0.15, -0.1) is 0 Å². The third-order valence-electron chi connectivity index (χ3n) is 6.03. The summed E-state index contributed by atoms with van der Waals surface area (Å²) < 4.78 is 0. The lowest BCUT2D eigenvalue weighted by atomic mass is 9.60. The molecule has 120 valence electrons. The van der Waals surface area contributed by atoms with Crippen molar-refractivity contribution in [2.45, 2.75) is 72.8 Å². The maximum Gasteiger partial charge on any atom is 0.0372 e. The molecule has 22 heavy (non-hydrogen) atoms. The van der Waals surface area contributed by atoms with E-state index in [1.165, 1.54) is 43.4 Å². The van der Waals surface area contributed by atoms with E-state index >= 15 is 0 Å². The van der Waals surface area contributed by atoms with Gasteiger partial charge in [-0.25, -0.2) is 0 Å². The molecule has 1 aromatic rings. The molecular formula is C21H31N. The second-order valence-corrected chi connectivity index (χ2v) is 8.70. The number of rotatable bonds is 2. The molecule has 0 aromatic heterocycles. The molecule has 0 unspecified atom stereocenters. The Morgan fingerprint density at radius 3 is 2.55 bits per heavy atom. The van der Waals surface area contributed by atoms with E-state index in [1.807, 2.05) is 0 Å². The Morgan fingerprint density at radius 2 is 1.82 bits per heavy atom. The summed E-state index contributed by atoms with van der Waals surface area (Å²) in [5.74, 6) is 0. The summed E-state index contributed by atoms with van der Waals surface area (Å²) in [6.07, 6.45) is 6.51. The van der Waals surface area contributed by atoms with Gasteiger partial charge in [0.15, 0.2) is 0 Å². The van der Waals surface area contributed by atoms with Crippen LogP contribution in [0, 0.1) is 17.8 Å². The van der Waals surface area contributed by atoms with Crippen LogP contribution in [0.5, 0.6) is 0 Å². The van der Waals surface area contributed by atoms with Crippen molar-refractivity contribution in [1.82, 2.24) is 0 Å². The molecule has 1 heteroatoms. The van der Waals surface area contributed by atoms with Crippen LogP contribution < -0.4 is 5.32 Å². The van der Waals surface area contributed by atoms with Crippen molar-refractivity contribution in [2.24, 2.45) is 10.8 Å². The van der Waals surface area contributed by atoms with Gasteiger partial charge in [-0.3, -0.25) is 0 Å². The third kappa shape index (κ3) is 2.83. The Balaban J connectivity index is 1.88. The summed E-state index contributed by atoms with van der Waals surface area (Å²) in [6.45, 7) is 12.0. The lowest BCUT2D eigenvalue weighted by Crippen LogP contribution is -2.43. The maximum atomic E-state index is 3.87. The third-order valence-corrected chi connectivity index (χ3v) is 6.03. The highest BCUT2D eigenvalue weighted by Crippen LogP contribution is 2.52. The highest BCUT2D eigenvalue weighted by atomic mass is 14.9. The normalized spacial score (nSPS) is 26.5. The molecule has 0 aliphatic heterocycles. The fraction of sp³-hybridized carbons (Fsp3) is 0.619. The van der Waals surface area contributed by atoms with Crippen molar-refractivity contribution in [1.29, 1.82) is 0 Å². The molecule has 1 aromatic carbocycles. The van der Waals surface area contributed by atoms with Gasteiger partial charge in [-0.2, -0.15) is 0 Å². The predicted octanol–water partition coefficient (Wildman–Crippen LogP) is 6.10. The SMILES string of the molecule is Cc1ccccc1N[C@H]1CC2=C(CC1(C)C)C(C)(C)CCC2. The van der Waals surface area contributed by atoms with E-state index in [4.69, 9.17) is 0 Å². The van der Waals surface area contributed by atoms with Crippen molar-refractivity contribution in [2.75, 3.05) is 5.32 Å². The van der Waals surface area contributed by atoms with E-state index in [9.17, 15) is 0 Å². The zero-order valence-corrected chi connectivity index (χ0v) is 14.9. The fourth-order valence-corrected chi connectivity index (χ4v) is 4.38. The number of benzene rings is 1. The first-order valence-corrected chi connectivity index (χ1v) is 8.83. The molecule has 0 saturated heterocycles. The summed E-state index contributed by atoms with van der Waals surface area (Å²) in [5.41, 5.74) is 6.91. The Morgan fingerprint density at radius 1 is 1.09 bits per heavy atom. The Labute approximate surface area is 136 Å². The van der Waals surface area contributed by atoms with Crippen LogP contribution >= 0.6 is 0 Å². The van der Waals surface area contributed by atoms with E-state index in [0.717, 1.165) is 0 Å². The molecule has 0 fully saturated rings. The van der Waals surface area contributed by atoms with Crippen molar-refractivity contribution < 1.29 is 0 Å². The number of hydrogen-bond acceptors (Lipinski definition) is 1. The van der Waals surface area contributed by atoms with Gasteiger partial charge in [0.05, 0.1) is 0 Å². The van der Waals surface area contributed by atoms with Gasteiger partial charge < -0.3 is 5.32 Å². The van der Waals surface area contributed by atoms with Crippen molar-refractivity contribution in [3.05, 3.63) is 41.0 Å². The average Bonchev–Trinajstić information content (AvgIpc) is 2.43. The van der Waals surface area contributed by atoms with Crippen LogP contribution in [0.1, 0.15) is 65.4 Å². The summed E-state index contributed by atoms with van der Waals surface area (Å²) in [5, 5.41) is 3.87. The Kier molecular flexibility index (Phi) is 3.87. The number of hydrogen-bond donors (Lipinski definition) is 1. The zero-order chi connectivity index (χ0) is 16.0. The van der Waals surface area contributed by atoms with Gasteiger partial charge in [-0.1, -0.05) is 57.0 Å². The molecule has 0 amide bonds. The smallest absolute Gasteiger partial charge is 0.0372 e. The molecule has 1 nitrogen and oxygen atoms in total. The number of nitrogens with one attached hydrogen (secondary N) is 1. The number of aryl methyl sites for hydroxylation is 1. The van der Waals surface area contributed by atoms with E-state index < -0.39 is 0 Å². The van der Waals surface area contributed by atoms with E-state index in [-0.39, 0.29) is 0 Å². The van der Waals surface area contributed by atoms with E-state index in [1.54, 1.807) is 11.1 Å².